The van der Waals surface area contributed by atoms with E-state index in [1.165, 1.54) is 45.2 Å². The zero-order valence-electron chi connectivity index (χ0n) is 12.9. The van der Waals surface area contributed by atoms with E-state index in [0.717, 1.165) is 5.92 Å². The van der Waals surface area contributed by atoms with E-state index in [0.29, 0.717) is 12.1 Å². The molecule has 1 aromatic rings. The van der Waals surface area contributed by atoms with Gasteiger partial charge in [0.2, 0.25) is 0 Å². The second-order valence-electron chi connectivity index (χ2n) is 6.76. The van der Waals surface area contributed by atoms with E-state index >= 15 is 0 Å². The molecule has 1 aliphatic heterocycles. The van der Waals surface area contributed by atoms with Crippen LogP contribution >= 0.6 is 0 Å². The second kappa shape index (κ2) is 6.28. The molecule has 0 saturated carbocycles. The van der Waals surface area contributed by atoms with E-state index in [4.69, 9.17) is 0 Å². The van der Waals surface area contributed by atoms with Gasteiger partial charge < -0.3 is 10.2 Å². The molecule has 2 nitrogen and oxygen atoms in total. The topological polar surface area (TPSA) is 15.3 Å². The minimum Gasteiger partial charge on any atom is -0.307 e. The lowest BCUT2D eigenvalue weighted by Gasteiger charge is -2.37. The summed E-state index contributed by atoms with van der Waals surface area (Å²) >= 11 is 0. The first-order valence-electron chi connectivity index (χ1n) is 8.26. The first-order valence-corrected chi connectivity index (χ1v) is 8.26. The summed E-state index contributed by atoms with van der Waals surface area (Å²) in [7, 11) is 2.26. The molecule has 0 amide bonds. The molecule has 0 radical (unpaired) electrons. The SMILES string of the molecule is CC(NC1CCCc2ccccc21)C1CCCN(C)C1. The van der Waals surface area contributed by atoms with Gasteiger partial charge in [0.1, 0.15) is 0 Å². The fourth-order valence-corrected chi connectivity index (χ4v) is 3.99. The van der Waals surface area contributed by atoms with Crippen LogP contribution in [0.3, 0.4) is 0 Å². The first kappa shape index (κ1) is 14.1. The number of fused-ring (bicyclic) bond motifs is 1. The van der Waals surface area contributed by atoms with Crippen LogP contribution in [0.25, 0.3) is 0 Å². The summed E-state index contributed by atoms with van der Waals surface area (Å²) < 4.78 is 0. The van der Waals surface area contributed by atoms with E-state index in [9.17, 15) is 0 Å². The van der Waals surface area contributed by atoms with Crippen LogP contribution in [-0.2, 0) is 6.42 Å². The molecule has 2 aliphatic rings. The zero-order valence-corrected chi connectivity index (χ0v) is 12.9. The van der Waals surface area contributed by atoms with Crippen molar-refractivity contribution in [1.82, 2.24) is 10.2 Å². The number of nitrogens with one attached hydrogen (secondary N) is 1. The van der Waals surface area contributed by atoms with Crippen LogP contribution < -0.4 is 5.32 Å². The lowest BCUT2D eigenvalue weighted by Crippen LogP contribution is -2.44. The van der Waals surface area contributed by atoms with Crippen LogP contribution in [0.4, 0.5) is 0 Å². The fourth-order valence-electron chi connectivity index (χ4n) is 3.99. The predicted octanol–water partition coefficient (Wildman–Crippen LogP) is 3.38. The summed E-state index contributed by atoms with van der Waals surface area (Å²) in [4.78, 5) is 2.49. The van der Waals surface area contributed by atoms with Crippen molar-refractivity contribution in [3.63, 3.8) is 0 Å². The Morgan fingerprint density at radius 3 is 2.90 bits per heavy atom. The Labute approximate surface area is 123 Å². The molecule has 3 unspecified atom stereocenters. The van der Waals surface area contributed by atoms with Gasteiger partial charge in [0.25, 0.3) is 0 Å². The first-order chi connectivity index (χ1) is 9.74. The Bertz CT molecular complexity index is 443. The number of piperidine rings is 1. The van der Waals surface area contributed by atoms with Crippen molar-refractivity contribution in [3.8, 4) is 0 Å². The normalized spacial score (nSPS) is 28.9. The lowest BCUT2D eigenvalue weighted by molar-refractivity contribution is 0.171. The molecule has 0 bridgehead atoms. The third-order valence-electron chi connectivity index (χ3n) is 5.20. The van der Waals surface area contributed by atoms with E-state index in [2.05, 4.69) is 48.5 Å². The minimum absolute atomic E-state index is 0.571. The molecule has 1 aromatic carbocycles. The van der Waals surface area contributed by atoms with Gasteiger partial charge in [0.05, 0.1) is 0 Å². The van der Waals surface area contributed by atoms with Gasteiger partial charge in [-0.15, -0.1) is 0 Å². The van der Waals surface area contributed by atoms with Crippen LogP contribution in [0.2, 0.25) is 0 Å². The highest BCUT2D eigenvalue weighted by molar-refractivity contribution is 5.32. The number of hydrogen-bond acceptors (Lipinski definition) is 2. The molecule has 110 valence electrons. The van der Waals surface area contributed by atoms with Gasteiger partial charge in [-0.25, -0.2) is 0 Å². The molecule has 3 atom stereocenters. The molecule has 1 fully saturated rings. The maximum atomic E-state index is 3.94. The Hall–Kier alpha value is -0.860. The van der Waals surface area contributed by atoms with Gasteiger partial charge in [-0.3, -0.25) is 0 Å². The van der Waals surface area contributed by atoms with Crippen LogP contribution in [0.1, 0.15) is 49.8 Å². The predicted molar refractivity (Wildman–Crippen MR) is 84.9 cm³/mol. The second-order valence-corrected chi connectivity index (χ2v) is 6.76. The summed E-state index contributed by atoms with van der Waals surface area (Å²) in [5.74, 6) is 0.808. The molecular weight excluding hydrogens is 244 g/mol. The number of benzene rings is 1. The van der Waals surface area contributed by atoms with Crippen molar-refractivity contribution in [2.24, 2.45) is 5.92 Å². The highest BCUT2D eigenvalue weighted by atomic mass is 15.1. The molecule has 0 aromatic heterocycles. The molecule has 1 heterocycles. The van der Waals surface area contributed by atoms with Crippen LogP contribution in [0.5, 0.6) is 0 Å². The minimum atomic E-state index is 0.571. The Morgan fingerprint density at radius 1 is 1.20 bits per heavy atom. The summed E-state index contributed by atoms with van der Waals surface area (Å²) in [5, 5.41) is 3.94. The largest absolute Gasteiger partial charge is 0.307 e. The van der Waals surface area contributed by atoms with Gasteiger partial charge in [-0.2, -0.15) is 0 Å². The average molecular weight is 272 g/mol. The van der Waals surface area contributed by atoms with Gasteiger partial charge in [-0.05, 0) is 69.7 Å². The van der Waals surface area contributed by atoms with Gasteiger partial charge in [0.15, 0.2) is 0 Å². The third kappa shape index (κ3) is 3.07. The molecule has 1 aliphatic carbocycles. The smallest absolute Gasteiger partial charge is 0.0325 e. The Balaban J connectivity index is 1.66. The quantitative estimate of drug-likeness (QED) is 0.907. The standard InChI is InChI=1S/C18H28N2/c1-14(16-9-6-12-20(2)13-16)19-18-11-5-8-15-7-3-4-10-17(15)18/h3-4,7,10,14,16,18-19H,5-6,8-9,11-13H2,1-2H3. The fraction of sp³-hybridized carbons (Fsp3) is 0.667. The number of likely N-dealkylation sites (tertiary alicyclic amines) is 1. The maximum absolute atomic E-state index is 3.94. The highest BCUT2D eigenvalue weighted by Gasteiger charge is 2.26. The summed E-state index contributed by atoms with van der Waals surface area (Å²) in [6.07, 6.45) is 6.62. The molecule has 1 saturated heterocycles. The van der Waals surface area contributed by atoms with Crippen molar-refractivity contribution >= 4 is 0 Å². The molecule has 2 heteroatoms. The Morgan fingerprint density at radius 2 is 2.05 bits per heavy atom. The van der Waals surface area contributed by atoms with E-state index < -0.39 is 0 Å². The van der Waals surface area contributed by atoms with Crippen molar-refractivity contribution in [2.45, 2.75) is 51.1 Å². The maximum Gasteiger partial charge on any atom is 0.0325 e. The van der Waals surface area contributed by atoms with Gasteiger partial charge >= 0.3 is 0 Å². The number of aryl methyl sites for hydroxylation is 1. The average Bonchev–Trinajstić information content (AvgIpc) is 2.47. The van der Waals surface area contributed by atoms with E-state index in [1.54, 1.807) is 11.1 Å². The summed E-state index contributed by atoms with van der Waals surface area (Å²) in [6, 6.07) is 10.2. The third-order valence-corrected chi connectivity index (χ3v) is 5.20. The van der Waals surface area contributed by atoms with Gasteiger partial charge in [-0.1, -0.05) is 24.3 Å². The summed E-state index contributed by atoms with van der Waals surface area (Å²) in [5.41, 5.74) is 3.11. The molecule has 0 spiro atoms. The van der Waals surface area contributed by atoms with Crippen molar-refractivity contribution < 1.29 is 0 Å². The monoisotopic (exact) mass is 272 g/mol. The summed E-state index contributed by atoms with van der Waals surface area (Å²) in [6.45, 7) is 4.92. The Kier molecular flexibility index (Phi) is 4.42. The van der Waals surface area contributed by atoms with Gasteiger partial charge in [0, 0.05) is 18.6 Å². The highest BCUT2D eigenvalue weighted by Crippen LogP contribution is 2.31. The van der Waals surface area contributed by atoms with Crippen LogP contribution in [-0.4, -0.2) is 31.1 Å². The van der Waals surface area contributed by atoms with Crippen LogP contribution in [0.15, 0.2) is 24.3 Å². The molecule has 20 heavy (non-hydrogen) atoms. The van der Waals surface area contributed by atoms with Crippen LogP contribution in [0, 0.1) is 5.92 Å². The van der Waals surface area contributed by atoms with Crippen molar-refractivity contribution in [3.05, 3.63) is 35.4 Å². The number of rotatable bonds is 3. The van der Waals surface area contributed by atoms with E-state index in [-0.39, 0.29) is 0 Å². The molecule has 3 rings (SSSR count). The molecule has 1 N–H and O–H groups in total. The lowest BCUT2D eigenvalue weighted by atomic mass is 9.85. The van der Waals surface area contributed by atoms with Crippen molar-refractivity contribution in [1.29, 1.82) is 0 Å². The zero-order chi connectivity index (χ0) is 13.9. The van der Waals surface area contributed by atoms with Crippen molar-refractivity contribution in [2.75, 3.05) is 20.1 Å². The van der Waals surface area contributed by atoms with E-state index in [1.807, 2.05) is 0 Å². The number of hydrogen-bond donors (Lipinski definition) is 1. The number of nitrogens with zero attached hydrogens (tertiary/aromatic N) is 1. The molecular formula is C18H28N2.